The molecule has 0 aromatic heterocycles. The fourth-order valence-corrected chi connectivity index (χ4v) is 2.15. The molecule has 3 nitrogen and oxygen atoms in total. The fraction of sp³-hybridized carbons (Fsp3) is 0.600. The summed E-state index contributed by atoms with van der Waals surface area (Å²) >= 11 is 0. The van der Waals surface area contributed by atoms with Crippen molar-refractivity contribution in [2.24, 2.45) is 0 Å². The predicted molar refractivity (Wildman–Crippen MR) is 75.1 cm³/mol. The van der Waals surface area contributed by atoms with Crippen LogP contribution in [0.1, 0.15) is 24.0 Å². The normalized spacial score (nSPS) is 15.1. The van der Waals surface area contributed by atoms with Crippen LogP contribution in [0.4, 0.5) is 0 Å². The number of benzene rings is 1. The first-order chi connectivity index (χ1) is 8.69. The second-order valence-electron chi connectivity index (χ2n) is 5.28. The molecule has 3 heteroatoms. The van der Waals surface area contributed by atoms with E-state index >= 15 is 0 Å². The van der Waals surface area contributed by atoms with Crippen molar-refractivity contribution >= 4 is 0 Å². The van der Waals surface area contributed by atoms with E-state index in [4.69, 9.17) is 4.74 Å². The molecule has 0 amide bonds. The molecule has 1 aliphatic carbocycles. The second-order valence-corrected chi connectivity index (χ2v) is 5.28. The lowest BCUT2D eigenvalue weighted by Gasteiger charge is -2.19. The van der Waals surface area contributed by atoms with E-state index in [0.717, 1.165) is 31.4 Å². The molecule has 1 saturated carbocycles. The number of hydrogen-bond donors (Lipinski definition) is 1. The first-order valence-corrected chi connectivity index (χ1v) is 6.74. The first-order valence-electron chi connectivity index (χ1n) is 6.74. The maximum absolute atomic E-state index is 5.41. The van der Waals surface area contributed by atoms with Gasteiger partial charge >= 0.3 is 0 Å². The largest absolute Gasteiger partial charge is 0.496 e. The molecule has 1 aromatic rings. The number of aryl methyl sites for hydroxylation is 1. The molecule has 1 aliphatic rings. The summed E-state index contributed by atoms with van der Waals surface area (Å²) in [6.45, 7) is 5.22. The van der Waals surface area contributed by atoms with E-state index in [0.29, 0.717) is 0 Å². The average molecular weight is 248 g/mol. The van der Waals surface area contributed by atoms with Gasteiger partial charge in [0.25, 0.3) is 0 Å². The van der Waals surface area contributed by atoms with Gasteiger partial charge in [0.15, 0.2) is 0 Å². The standard InChI is InChI=1S/C15H24N2O/c1-12-4-7-15(18-3)13(10-12)11-17(2)9-8-16-14-5-6-14/h4,7,10,14,16H,5-6,8-9,11H2,1-3H3. The van der Waals surface area contributed by atoms with E-state index in [1.165, 1.54) is 24.0 Å². The molecule has 2 rings (SSSR count). The summed E-state index contributed by atoms with van der Waals surface area (Å²) in [5, 5.41) is 3.54. The minimum Gasteiger partial charge on any atom is -0.496 e. The molecule has 0 unspecified atom stereocenters. The van der Waals surface area contributed by atoms with Crippen LogP contribution in [0, 0.1) is 6.92 Å². The number of ether oxygens (including phenoxy) is 1. The molecule has 0 heterocycles. The molecule has 18 heavy (non-hydrogen) atoms. The van der Waals surface area contributed by atoms with Crippen molar-refractivity contribution in [1.29, 1.82) is 0 Å². The molecule has 0 spiro atoms. The van der Waals surface area contributed by atoms with Gasteiger partial charge in [0, 0.05) is 31.2 Å². The quantitative estimate of drug-likeness (QED) is 0.800. The van der Waals surface area contributed by atoms with E-state index in [2.05, 4.69) is 42.4 Å². The number of methoxy groups -OCH3 is 1. The van der Waals surface area contributed by atoms with Crippen molar-refractivity contribution in [2.45, 2.75) is 32.4 Å². The summed E-state index contributed by atoms with van der Waals surface area (Å²) in [5.41, 5.74) is 2.56. The van der Waals surface area contributed by atoms with Gasteiger partial charge in [-0.3, -0.25) is 0 Å². The minimum absolute atomic E-state index is 0.798. The topological polar surface area (TPSA) is 24.5 Å². The minimum atomic E-state index is 0.798. The van der Waals surface area contributed by atoms with Crippen LogP contribution in [0.3, 0.4) is 0 Å². The van der Waals surface area contributed by atoms with Gasteiger partial charge in [0.1, 0.15) is 5.75 Å². The SMILES string of the molecule is COc1ccc(C)cc1CN(C)CCNC1CC1. The van der Waals surface area contributed by atoms with Crippen LogP contribution in [0.5, 0.6) is 5.75 Å². The smallest absolute Gasteiger partial charge is 0.123 e. The van der Waals surface area contributed by atoms with Gasteiger partial charge in [-0.05, 0) is 32.9 Å². The number of likely N-dealkylation sites (N-methyl/N-ethyl adjacent to an activating group) is 1. The van der Waals surface area contributed by atoms with E-state index in [1.54, 1.807) is 7.11 Å². The zero-order valence-electron chi connectivity index (χ0n) is 11.7. The van der Waals surface area contributed by atoms with E-state index in [9.17, 15) is 0 Å². The lowest BCUT2D eigenvalue weighted by molar-refractivity contribution is 0.315. The van der Waals surface area contributed by atoms with Gasteiger partial charge in [-0.15, -0.1) is 0 Å². The highest BCUT2D eigenvalue weighted by molar-refractivity contribution is 5.36. The molecule has 0 radical (unpaired) electrons. The Kier molecular flexibility index (Phi) is 4.61. The summed E-state index contributed by atoms with van der Waals surface area (Å²) in [6, 6.07) is 7.16. The van der Waals surface area contributed by atoms with Crippen LogP contribution in [0.2, 0.25) is 0 Å². The van der Waals surface area contributed by atoms with E-state index in [1.807, 2.05) is 0 Å². The third-order valence-corrected chi connectivity index (χ3v) is 3.38. The van der Waals surface area contributed by atoms with Crippen LogP contribution in [0.25, 0.3) is 0 Å². The number of nitrogens with zero attached hydrogens (tertiary/aromatic N) is 1. The molecular weight excluding hydrogens is 224 g/mol. The Morgan fingerprint density at radius 2 is 2.17 bits per heavy atom. The van der Waals surface area contributed by atoms with Gasteiger partial charge < -0.3 is 15.0 Å². The van der Waals surface area contributed by atoms with Gasteiger partial charge in [-0.25, -0.2) is 0 Å². The molecule has 0 aliphatic heterocycles. The summed E-state index contributed by atoms with van der Waals surface area (Å²) in [4.78, 5) is 2.34. The molecule has 0 atom stereocenters. The summed E-state index contributed by atoms with van der Waals surface area (Å²) in [7, 11) is 3.90. The van der Waals surface area contributed by atoms with Crippen molar-refractivity contribution < 1.29 is 4.74 Å². The molecular formula is C15H24N2O. The molecule has 0 bridgehead atoms. The highest BCUT2D eigenvalue weighted by atomic mass is 16.5. The van der Waals surface area contributed by atoms with Gasteiger partial charge in [0.05, 0.1) is 7.11 Å². The van der Waals surface area contributed by atoms with E-state index < -0.39 is 0 Å². The molecule has 1 fully saturated rings. The monoisotopic (exact) mass is 248 g/mol. The zero-order chi connectivity index (χ0) is 13.0. The second kappa shape index (κ2) is 6.21. The Bertz CT molecular complexity index is 388. The Morgan fingerprint density at radius 3 is 2.83 bits per heavy atom. The van der Waals surface area contributed by atoms with Crippen LogP contribution in [-0.4, -0.2) is 38.2 Å². The highest BCUT2D eigenvalue weighted by Crippen LogP contribution is 2.21. The average Bonchev–Trinajstić information content (AvgIpc) is 3.13. The first kappa shape index (κ1) is 13.4. The van der Waals surface area contributed by atoms with Crippen molar-refractivity contribution in [3.05, 3.63) is 29.3 Å². The predicted octanol–water partition coefficient (Wildman–Crippen LogP) is 2.19. The summed E-state index contributed by atoms with van der Waals surface area (Å²) < 4.78 is 5.41. The van der Waals surface area contributed by atoms with Crippen LogP contribution in [-0.2, 0) is 6.54 Å². The van der Waals surface area contributed by atoms with Crippen molar-refractivity contribution in [3.8, 4) is 5.75 Å². The van der Waals surface area contributed by atoms with E-state index in [-0.39, 0.29) is 0 Å². The molecule has 1 aromatic carbocycles. The molecule has 100 valence electrons. The summed E-state index contributed by atoms with van der Waals surface area (Å²) in [6.07, 6.45) is 2.71. The third kappa shape index (κ3) is 4.00. The zero-order valence-corrected chi connectivity index (χ0v) is 11.7. The van der Waals surface area contributed by atoms with Crippen molar-refractivity contribution in [2.75, 3.05) is 27.2 Å². The number of nitrogens with one attached hydrogen (secondary N) is 1. The fourth-order valence-electron chi connectivity index (χ4n) is 2.15. The number of rotatable bonds is 7. The maximum atomic E-state index is 5.41. The lowest BCUT2D eigenvalue weighted by Crippen LogP contribution is -2.30. The Labute approximate surface area is 110 Å². The summed E-state index contributed by atoms with van der Waals surface area (Å²) in [5.74, 6) is 0.989. The van der Waals surface area contributed by atoms with Crippen molar-refractivity contribution in [3.63, 3.8) is 0 Å². The van der Waals surface area contributed by atoms with Crippen molar-refractivity contribution in [1.82, 2.24) is 10.2 Å². The Balaban J connectivity index is 1.84. The van der Waals surface area contributed by atoms with Gasteiger partial charge in [0.2, 0.25) is 0 Å². The Hall–Kier alpha value is -1.06. The van der Waals surface area contributed by atoms with Gasteiger partial charge in [-0.2, -0.15) is 0 Å². The third-order valence-electron chi connectivity index (χ3n) is 3.38. The van der Waals surface area contributed by atoms with Crippen LogP contribution >= 0.6 is 0 Å². The highest BCUT2D eigenvalue weighted by Gasteiger charge is 2.19. The van der Waals surface area contributed by atoms with Gasteiger partial charge in [-0.1, -0.05) is 17.7 Å². The number of hydrogen-bond acceptors (Lipinski definition) is 3. The Morgan fingerprint density at radius 1 is 1.39 bits per heavy atom. The molecule has 0 saturated heterocycles. The maximum Gasteiger partial charge on any atom is 0.123 e. The van der Waals surface area contributed by atoms with Crippen LogP contribution < -0.4 is 10.1 Å². The molecule has 1 N–H and O–H groups in total. The lowest BCUT2D eigenvalue weighted by atomic mass is 10.1. The van der Waals surface area contributed by atoms with Crippen LogP contribution in [0.15, 0.2) is 18.2 Å².